The summed E-state index contributed by atoms with van der Waals surface area (Å²) in [5.41, 5.74) is 5.66. The van der Waals surface area contributed by atoms with Crippen molar-refractivity contribution in [3.63, 3.8) is 0 Å². The van der Waals surface area contributed by atoms with Gasteiger partial charge in [-0.1, -0.05) is 42.5 Å². The van der Waals surface area contributed by atoms with Crippen LogP contribution in [0.25, 0.3) is 16.6 Å². The molecular weight excluding hydrogens is 609 g/mol. The van der Waals surface area contributed by atoms with Gasteiger partial charge >= 0.3 is 0 Å². The Labute approximate surface area is 281 Å². The number of carbonyl (C=O) groups excluding carboxylic acids is 3. The Bertz CT molecular complexity index is 1780. The van der Waals surface area contributed by atoms with Crippen LogP contribution in [-0.2, 0) is 16.0 Å². The first-order chi connectivity index (χ1) is 23.4. The van der Waals surface area contributed by atoms with E-state index < -0.39 is 0 Å². The number of ether oxygens (including phenoxy) is 1. The molecule has 2 aliphatic heterocycles. The van der Waals surface area contributed by atoms with E-state index in [0.717, 1.165) is 60.1 Å². The van der Waals surface area contributed by atoms with E-state index in [4.69, 9.17) is 4.74 Å². The van der Waals surface area contributed by atoms with Crippen LogP contribution in [-0.4, -0.2) is 90.9 Å². The van der Waals surface area contributed by atoms with Gasteiger partial charge in [0.25, 0.3) is 11.8 Å². The maximum Gasteiger partial charge on any atom is 0.271 e. The molecule has 0 bridgehead atoms. The van der Waals surface area contributed by atoms with Crippen molar-refractivity contribution < 1.29 is 23.5 Å². The molecule has 0 spiro atoms. The molecule has 6 rings (SSSR count). The summed E-state index contributed by atoms with van der Waals surface area (Å²) in [7, 11) is 1.59. The second kappa shape index (κ2) is 15.1. The van der Waals surface area contributed by atoms with Crippen molar-refractivity contribution in [3.8, 4) is 11.1 Å². The monoisotopic (exact) mass is 653 g/mol. The summed E-state index contributed by atoms with van der Waals surface area (Å²) in [6.07, 6.45) is 5.49. The minimum Gasteiger partial charge on any atom is -0.383 e. The lowest BCUT2D eigenvalue weighted by Gasteiger charge is -2.33. The van der Waals surface area contributed by atoms with Gasteiger partial charge in [-0.3, -0.25) is 14.4 Å². The predicted octanol–water partition coefficient (Wildman–Crippen LogP) is 4.84. The van der Waals surface area contributed by atoms with E-state index in [-0.39, 0.29) is 36.0 Å². The Hall–Kier alpha value is -4.54. The Morgan fingerprint density at radius 3 is 2.52 bits per heavy atom. The molecule has 48 heavy (non-hydrogen) atoms. The molecule has 2 aromatic heterocycles. The van der Waals surface area contributed by atoms with Crippen LogP contribution in [0.2, 0.25) is 0 Å². The number of nitrogens with one attached hydrogen (secondary N) is 2. The Morgan fingerprint density at radius 1 is 0.958 bits per heavy atom. The highest BCUT2D eigenvalue weighted by atomic mass is 19.1. The number of likely N-dealkylation sites (tertiary alicyclic amines) is 1. The molecular formula is C38H44FN5O4. The van der Waals surface area contributed by atoms with Crippen LogP contribution in [0.15, 0.2) is 66.9 Å². The summed E-state index contributed by atoms with van der Waals surface area (Å²) in [6.45, 7) is 5.46. The number of piperazine rings is 1. The number of hydrogen-bond acceptors (Lipinski definition) is 5. The lowest BCUT2D eigenvalue weighted by atomic mass is 9.93. The maximum atomic E-state index is 14.9. The third kappa shape index (κ3) is 7.15. The quantitative estimate of drug-likeness (QED) is 0.239. The predicted molar refractivity (Wildman–Crippen MR) is 184 cm³/mol. The number of pyridine rings is 1. The SMILES string of the molecule is COCCNC(=O)C[C@H]1CN(C(=O)c2c(Cc3cccc(F)c3C)c(-c3ccccc3)c3cc(C(=O)N4CCCCC4)ccn23)CCN1. The number of nitrogens with zero attached hydrogens (tertiary/aromatic N) is 3. The summed E-state index contributed by atoms with van der Waals surface area (Å²) < 4.78 is 21.8. The van der Waals surface area contributed by atoms with Crippen LogP contribution in [0.5, 0.6) is 0 Å². The number of piperidine rings is 1. The third-order valence-electron chi connectivity index (χ3n) is 9.54. The van der Waals surface area contributed by atoms with Gasteiger partial charge in [0, 0.05) is 82.6 Å². The zero-order valence-electron chi connectivity index (χ0n) is 27.8. The van der Waals surface area contributed by atoms with E-state index in [1.165, 1.54) is 6.07 Å². The molecule has 2 saturated heterocycles. The van der Waals surface area contributed by atoms with Crippen molar-refractivity contribution in [1.29, 1.82) is 0 Å². The average molecular weight is 654 g/mol. The number of amides is 3. The van der Waals surface area contributed by atoms with E-state index in [9.17, 15) is 18.8 Å². The second-order valence-electron chi connectivity index (χ2n) is 12.7. The molecule has 9 nitrogen and oxygen atoms in total. The summed E-state index contributed by atoms with van der Waals surface area (Å²) in [4.78, 5) is 44.8. The second-order valence-corrected chi connectivity index (χ2v) is 12.7. The van der Waals surface area contributed by atoms with E-state index in [1.54, 1.807) is 31.1 Å². The topological polar surface area (TPSA) is 95.4 Å². The third-order valence-corrected chi connectivity index (χ3v) is 9.54. The van der Waals surface area contributed by atoms with E-state index in [0.29, 0.717) is 56.0 Å². The molecule has 2 aromatic carbocycles. The van der Waals surface area contributed by atoms with Gasteiger partial charge in [-0.15, -0.1) is 0 Å². The van der Waals surface area contributed by atoms with Crippen LogP contribution in [0.3, 0.4) is 0 Å². The highest BCUT2D eigenvalue weighted by Gasteiger charge is 2.32. The number of fused-ring (bicyclic) bond motifs is 1. The van der Waals surface area contributed by atoms with E-state index >= 15 is 0 Å². The highest BCUT2D eigenvalue weighted by molar-refractivity contribution is 6.03. The van der Waals surface area contributed by atoms with Crippen LogP contribution in [0.4, 0.5) is 4.39 Å². The van der Waals surface area contributed by atoms with Gasteiger partial charge in [-0.05, 0) is 66.6 Å². The first-order valence-corrected chi connectivity index (χ1v) is 16.9. The molecule has 4 aromatic rings. The van der Waals surface area contributed by atoms with Crippen molar-refractivity contribution in [1.82, 2.24) is 24.8 Å². The van der Waals surface area contributed by atoms with Crippen LogP contribution in [0.1, 0.15) is 63.2 Å². The number of halogens is 1. The lowest BCUT2D eigenvalue weighted by Crippen LogP contribution is -2.54. The van der Waals surface area contributed by atoms with Gasteiger partial charge in [0.15, 0.2) is 0 Å². The Morgan fingerprint density at radius 2 is 1.75 bits per heavy atom. The molecule has 4 heterocycles. The van der Waals surface area contributed by atoms with Crippen molar-refractivity contribution in [2.24, 2.45) is 0 Å². The summed E-state index contributed by atoms with van der Waals surface area (Å²) in [5.74, 6) is -0.584. The normalized spacial score (nSPS) is 16.7. The van der Waals surface area contributed by atoms with Crippen molar-refractivity contribution in [3.05, 3.63) is 101 Å². The van der Waals surface area contributed by atoms with Crippen LogP contribution >= 0.6 is 0 Å². The molecule has 0 saturated carbocycles. The number of carbonyl (C=O) groups is 3. The van der Waals surface area contributed by atoms with Gasteiger partial charge in [0.2, 0.25) is 5.91 Å². The summed E-state index contributed by atoms with van der Waals surface area (Å²) in [6, 6.07) is 18.4. The van der Waals surface area contributed by atoms with E-state index in [1.807, 2.05) is 58.0 Å². The molecule has 10 heteroatoms. The van der Waals surface area contributed by atoms with Crippen molar-refractivity contribution in [2.45, 2.75) is 45.1 Å². The largest absolute Gasteiger partial charge is 0.383 e. The zero-order valence-corrected chi connectivity index (χ0v) is 27.8. The summed E-state index contributed by atoms with van der Waals surface area (Å²) >= 11 is 0. The lowest BCUT2D eigenvalue weighted by molar-refractivity contribution is -0.122. The molecule has 1 atom stereocenters. The Balaban J connectivity index is 1.45. The minimum absolute atomic E-state index is 0.0125. The molecule has 2 aliphatic rings. The molecule has 0 aliphatic carbocycles. The Kier molecular flexibility index (Phi) is 10.5. The smallest absolute Gasteiger partial charge is 0.271 e. The fourth-order valence-electron chi connectivity index (χ4n) is 6.97. The fourth-order valence-corrected chi connectivity index (χ4v) is 6.97. The maximum absolute atomic E-state index is 14.9. The van der Waals surface area contributed by atoms with E-state index in [2.05, 4.69) is 10.6 Å². The minimum atomic E-state index is -0.298. The van der Waals surface area contributed by atoms with Gasteiger partial charge in [-0.2, -0.15) is 0 Å². The number of hydrogen-bond donors (Lipinski definition) is 2. The van der Waals surface area contributed by atoms with Gasteiger partial charge in [0.05, 0.1) is 12.1 Å². The van der Waals surface area contributed by atoms with Crippen LogP contribution in [0, 0.1) is 12.7 Å². The van der Waals surface area contributed by atoms with Crippen LogP contribution < -0.4 is 10.6 Å². The van der Waals surface area contributed by atoms with Crippen molar-refractivity contribution in [2.75, 3.05) is 53.0 Å². The van der Waals surface area contributed by atoms with Gasteiger partial charge < -0.3 is 29.6 Å². The van der Waals surface area contributed by atoms with Gasteiger partial charge in [-0.25, -0.2) is 4.39 Å². The molecule has 0 radical (unpaired) electrons. The standard InChI is InChI=1S/C38H44FN5O4/c1-26-28(12-9-13-32(26)39)22-31-35(27-10-5-3-6-11-27)33-23-29(37(46)42-17-7-4-8-18-42)14-19-44(33)36(31)38(47)43-20-15-40-30(25-43)24-34(45)41-16-21-48-2/h3,5-6,9-14,19,23,30,40H,4,7-8,15-18,20-22,24-25H2,1-2H3,(H,41,45)/t30-/m0/s1. The zero-order chi connectivity index (χ0) is 33.6. The molecule has 3 amide bonds. The molecule has 252 valence electrons. The number of benzene rings is 2. The average Bonchev–Trinajstić information content (AvgIpc) is 3.43. The first-order valence-electron chi connectivity index (χ1n) is 16.9. The fraction of sp³-hybridized carbons (Fsp3) is 0.395. The first kappa shape index (κ1) is 33.4. The highest BCUT2D eigenvalue weighted by Crippen LogP contribution is 2.37. The number of aromatic nitrogens is 1. The van der Waals surface area contributed by atoms with Crippen molar-refractivity contribution >= 4 is 23.2 Å². The van der Waals surface area contributed by atoms with Gasteiger partial charge in [0.1, 0.15) is 11.5 Å². The summed E-state index contributed by atoms with van der Waals surface area (Å²) in [5, 5.41) is 6.25. The number of methoxy groups -OCH3 is 1. The molecule has 0 unspecified atom stereocenters. The molecule has 2 fully saturated rings. The number of rotatable bonds is 10. The molecule has 2 N–H and O–H groups in total.